The minimum Gasteiger partial charge on any atom is -0.342 e. The van der Waals surface area contributed by atoms with Crippen LogP contribution in [0.25, 0.3) is 11.0 Å². The smallest absolute Gasteiger partial charge is 0.110 e. The highest BCUT2D eigenvalue weighted by Gasteiger charge is 2.22. The van der Waals surface area contributed by atoms with E-state index in [1.54, 1.807) is 0 Å². The Labute approximate surface area is 95.3 Å². The number of imidazole rings is 1. The van der Waals surface area contributed by atoms with E-state index >= 15 is 0 Å². The van der Waals surface area contributed by atoms with Gasteiger partial charge in [0, 0.05) is 12.0 Å². The molecule has 2 N–H and O–H groups in total. The summed E-state index contributed by atoms with van der Waals surface area (Å²) in [5, 5.41) is 3.47. The number of aromatic amines is 1. The molecule has 84 valence electrons. The van der Waals surface area contributed by atoms with E-state index in [1.807, 2.05) is 6.07 Å². The SMILES string of the molecule is C[C@@H]1C[C@@H](c2nc3ccccc3[nH]2)CCN1. The molecule has 0 unspecified atom stereocenters. The summed E-state index contributed by atoms with van der Waals surface area (Å²) in [6.07, 6.45) is 2.37. The predicted molar refractivity (Wildman–Crippen MR) is 65.5 cm³/mol. The Kier molecular flexibility index (Phi) is 2.40. The highest BCUT2D eigenvalue weighted by molar-refractivity contribution is 5.74. The maximum Gasteiger partial charge on any atom is 0.110 e. The zero-order valence-electron chi connectivity index (χ0n) is 9.53. The predicted octanol–water partition coefficient (Wildman–Crippen LogP) is 2.42. The Morgan fingerprint density at radius 2 is 2.19 bits per heavy atom. The summed E-state index contributed by atoms with van der Waals surface area (Å²) in [6.45, 7) is 3.34. The number of rotatable bonds is 1. The zero-order valence-corrected chi connectivity index (χ0v) is 9.53. The van der Waals surface area contributed by atoms with E-state index in [0.29, 0.717) is 12.0 Å². The average molecular weight is 215 g/mol. The summed E-state index contributed by atoms with van der Waals surface area (Å²) < 4.78 is 0. The first-order valence-electron chi connectivity index (χ1n) is 6.01. The molecule has 0 bridgehead atoms. The van der Waals surface area contributed by atoms with Gasteiger partial charge in [-0.3, -0.25) is 0 Å². The van der Waals surface area contributed by atoms with Crippen LogP contribution < -0.4 is 5.32 Å². The third kappa shape index (κ3) is 1.71. The van der Waals surface area contributed by atoms with Crippen LogP contribution >= 0.6 is 0 Å². The van der Waals surface area contributed by atoms with E-state index in [-0.39, 0.29) is 0 Å². The fourth-order valence-corrected chi connectivity index (χ4v) is 2.55. The molecular weight excluding hydrogens is 198 g/mol. The van der Waals surface area contributed by atoms with Crippen molar-refractivity contribution in [3.63, 3.8) is 0 Å². The lowest BCUT2D eigenvalue weighted by molar-refractivity contribution is 0.373. The molecule has 1 fully saturated rings. The van der Waals surface area contributed by atoms with Gasteiger partial charge < -0.3 is 10.3 Å². The second kappa shape index (κ2) is 3.91. The third-order valence-corrected chi connectivity index (χ3v) is 3.42. The monoisotopic (exact) mass is 215 g/mol. The number of piperidine rings is 1. The van der Waals surface area contributed by atoms with Gasteiger partial charge >= 0.3 is 0 Å². The van der Waals surface area contributed by atoms with Crippen LogP contribution in [0.1, 0.15) is 31.5 Å². The Bertz CT molecular complexity index is 456. The molecule has 0 radical (unpaired) electrons. The van der Waals surface area contributed by atoms with Gasteiger partial charge in [0.15, 0.2) is 0 Å². The molecule has 2 atom stereocenters. The van der Waals surface area contributed by atoms with E-state index in [9.17, 15) is 0 Å². The lowest BCUT2D eigenvalue weighted by Gasteiger charge is -2.26. The number of nitrogens with one attached hydrogen (secondary N) is 2. The Hall–Kier alpha value is -1.35. The average Bonchev–Trinajstić information content (AvgIpc) is 2.72. The number of hydrogen-bond donors (Lipinski definition) is 2. The Morgan fingerprint density at radius 3 is 3.00 bits per heavy atom. The molecule has 1 aromatic carbocycles. The fourth-order valence-electron chi connectivity index (χ4n) is 2.55. The van der Waals surface area contributed by atoms with Gasteiger partial charge in [-0.2, -0.15) is 0 Å². The Morgan fingerprint density at radius 1 is 1.31 bits per heavy atom. The quantitative estimate of drug-likeness (QED) is 0.767. The summed E-state index contributed by atoms with van der Waals surface area (Å²) >= 11 is 0. The molecule has 2 aromatic rings. The molecule has 1 aliphatic rings. The van der Waals surface area contributed by atoms with Crippen LogP contribution in [0.2, 0.25) is 0 Å². The largest absolute Gasteiger partial charge is 0.342 e. The Balaban J connectivity index is 1.93. The van der Waals surface area contributed by atoms with Crippen molar-refractivity contribution >= 4 is 11.0 Å². The van der Waals surface area contributed by atoms with E-state index in [0.717, 1.165) is 23.4 Å². The van der Waals surface area contributed by atoms with Crippen LogP contribution in [-0.2, 0) is 0 Å². The van der Waals surface area contributed by atoms with Crippen molar-refractivity contribution in [2.24, 2.45) is 0 Å². The van der Waals surface area contributed by atoms with Crippen molar-refractivity contribution in [2.75, 3.05) is 6.54 Å². The van der Waals surface area contributed by atoms with E-state index in [2.05, 4.69) is 40.4 Å². The van der Waals surface area contributed by atoms with E-state index in [1.165, 1.54) is 12.8 Å². The van der Waals surface area contributed by atoms with Crippen molar-refractivity contribution in [3.8, 4) is 0 Å². The van der Waals surface area contributed by atoms with Gasteiger partial charge in [0.05, 0.1) is 11.0 Å². The van der Waals surface area contributed by atoms with Crippen molar-refractivity contribution in [2.45, 2.75) is 31.7 Å². The first-order valence-corrected chi connectivity index (χ1v) is 6.01. The second-order valence-corrected chi connectivity index (χ2v) is 4.72. The lowest BCUT2D eigenvalue weighted by atomic mass is 9.93. The fraction of sp³-hybridized carbons (Fsp3) is 0.462. The lowest BCUT2D eigenvalue weighted by Crippen LogP contribution is -2.35. The summed E-state index contributed by atoms with van der Waals surface area (Å²) in [7, 11) is 0. The summed E-state index contributed by atoms with van der Waals surface area (Å²) in [6, 6.07) is 8.86. The summed E-state index contributed by atoms with van der Waals surface area (Å²) in [5.41, 5.74) is 2.24. The molecule has 0 saturated carbocycles. The number of para-hydroxylation sites is 2. The number of benzene rings is 1. The zero-order chi connectivity index (χ0) is 11.0. The van der Waals surface area contributed by atoms with E-state index < -0.39 is 0 Å². The first-order chi connectivity index (χ1) is 7.83. The second-order valence-electron chi connectivity index (χ2n) is 4.72. The van der Waals surface area contributed by atoms with E-state index in [4.69, 9.17) is 0 Å². The first kappa shape index (κ1) is 9.85. The molecule has 3 heteroatoms. The topological polar surface area (TPSA) is 40.7 Å². The van der Waals surface area contributed by atoms with Crippen LogP contribution in [0.5, 0.6) is 0 Å². The van der Waals surface area contributed by atoms with Gasteiger partial charge in [0.1, 0.15) is 5.82 Å². The van der Waals surface area contributed by atoms with Crippen LogP contribution in [-0.4, -0.2) is 22.6 Å². The minimum atomic E-state index is 0.587. The van der Waals surface area contributed by atoms with Crippen molar-refractivity contribution in [3.05, 3.63) is 30.1 Å². The maximum atomic E-state index is 4.69. The highest BCUT2D eigenvalue weighted by atomic mass is 15.0. The molecule has 16 heavy (non-hydrogen) atoms. The van der Waals surface area contributed by atoms with Crippen molar-refractivity contribution in [1.29, 1.82) is 0 Å². The van der Waals surface area contributed by atoms with Gasteiger partial charge in [-0.25, -0.2) is 4.98 Å². The van der Waals surface area contributed by atoms with Gasteiger partial charge in [-0.1, -0.05) is 12.1 Å². The van der Waals surface area contributed by atoms with Crippen LogP contribution in [0, 0.1) is 0 Å². The van der Waals surface area contributed by atoms with Gasteiger partial charge in [0.25, 0.3) is 0 Å². The molecule has 0 spiro atoms. The minimum absolute atomic E-state index is 0.587. The molecule has 1 aliphatic heterocycles. The highest BCUT2D eigenvalue weighted by Crippen LogP contribution is 2.27. The van der Waals surface area contributed by atoms with Crippen LogP contribution in [0.4, 0.5) is 0 Å². The number of fused-ring (bicyclic) bond motifs is 1. The van der Waals surface area contributed by atoms with Gasteiger partial charge in [0.2, 0.25) is 0 Å². The summed E-state index contributed by atoms with van der Waals surface area (Å²) in [4.78, 5) is 8.13. The molecule has 3 rings (SSSR count). The standard InChI is InChI=1S/C13H17N3/c1-9-8-10(6-7-14-9)13-15-11-4-2-3-5-12(11)16-13/h2-5,9-10,14H,6-8H2,1H3,(H,15,16)/t9-,10+/m1/s1. The van der Waals surface area contributed by atoms with Crippen molar-refractivity contribution < 1.29 is 0 Å². The molecule has 1 saturated heterocycles. The normalized spacial score (nSPS) is 26.1. The molecular formula is C13H17N3. The number of nitrogens with zero attached hydrogens (tertiary/aromatic N) is 1. The number of hydrogen-bond acceptors (Lipinski definition) is 2. The molecule has 3 nitrogen and oxygen atoms in total. The van der Waals surface area contributed by atoms with Crippen molar-refractivity contribution in [1.82, 2.24) is 15.3 Å². The van der Waals surface area contributed by atoms with Gasteiger partial charge in [-0.05, 0) is 38.4 Å². The van der Waals surface area contributed by atoms with Gasteiger partial charge in [-0.15, -0.1) is 0 Å². The third-order valence-electron chi connectivity index (χ3n) is 3.42. The van der Waals surface area contributed by atoms with Crippen LogP contribution in [0.3, 0.4) is 0 Å². The number of H-pyrrole nitrogens is 1. The van der Waals surface area contributed by atoms with Crippen LogP contribution in [0.15, 0.2) is 24.3 Å². The maximum absolute atomic E-state index is 4.69. The summed E-state index contributed by atoms with van der Waals surface area (Å²) in [5.74, 6) is 1.75. The molecule has 0 amide bonds. The molecule has 0 aliphatic carbocycles. The number of aromatic nitrogens is 2. The molecule has 1 aromatic heterocycles. The molecule has 2 heterocycles.